The normalized spacial score (nSPS) is 18.3. The summed E-state index contributed by atoms with van der Waals surface area (Å²) in [7, 11) is 0. The van der Waals surface area contributed by atoms with Crippen molar-refractivity contribution in [2.75, 3.05) is 13.4 Å². The third-order valence-corrected chi connectivity index (χ3v) is 1.11. The van der Waals surface area contributed by atoms with Crippen LogP contribution in [0.2, 0.25) is 0 Å². The molecule has 0 unspecified atom stereocenters. The van der Waals surface area contributed by atoms with Gasteiger partial charge in [0, 0.05) is 0 Å². The predicted octanol–water partition coefficient (Wildman–Crippen LogP) is -1.37. The van der Waals surface area contributed by atoms with Crippen LogP contribution < -0.4 is 10.6 Å². The van der Waals surface area contributed by atoms with Gasteiger partial charge in [-0.15, -0.1) is 0 Å². The van der Waals surface area contributed by atoms with Gasteiger partial charge in [0.15, 0.2) is 0 Å². The van der Waals surface area contributed by atoms with Crippen molar-refractivity contribution in [3.05, 3.63) is 0 Å². The van der Waals surface area contributed by atoms with Crippen molar-refractivity contribution in [1.82, 2.24) is 15.5 Å². The number of nitrogens with one attached hydrogen (secondary N) is 2. The lowest BCUT2D eigenvalue weighted by molar-refractivity contribution is 0.110. The van der Waals surface area contributed by atoms with Crippen molar-refractivity contribution in [3.63, 3.8) is 0 Å². The van der Waals surface area contributed by atoms with Gasteiger partial charge in [0.25, 0.3) is 0 Å². The fourth-order valence-corrected chi connectivity index (χ4v) is 0.574. The Morgan fingerprint density at radius 3 is 2.80 bits per heavy atom. The van der Waals surface area contributed by atoms with Crippen LogP contribution in [0.4, 0.5) is 9.59 Å². The van der Waals surface area contributed by atoms with Crippen molar-refractivity contribution in [2.45, 2.75) is 0 Å². The van der Waals surface area contributed by atoms with Crippen molar-refractivity contribution < 1.29 is 14.7 Å². The fraction of sp³-hybridized carbons (Fsp3) is 0.500. The minimum absolute atomic E-state index is 0.0567. The molecule has 0 aromatic carbocycles. The maximum absolute atomic E-state index is 10.6. The second-order valence-corrected chi connectivity index (χ2v) is 1.78. The molecule has 1 fully saturated rings. The number of imide groups is 1. The molecule has 0 saturated carbocycles. The van der Waals surface area contributed by atoms with Gasteiger partial charge in [-0.3, -0.25) is 10.2 Å². The van der Waals surface area contributed by atoms with Gasteiger partial charge in [0.1, 0.15) is 6.73 Å². The van der Waals surface area contributed by atoms with E-state index in [0.29, 0.717) is 0 Å². The quantitative estimate of drug-likeness (QED) is 0.425. The average Bonchev–Trinajstić information content (AvgIpc) is 1.88. The van der Waals surface area contributed by atoms with Crippen molar-refractivity contribution in [1.29, 1.82) is 0 Å². The van der Waals surface area contributed by atoms with E-state index < -0.39 is 18.8 Å². The largest absolute Gasteiger partial charge is 0.376 e. The molecule has 0 bridgehead atoms. The number of carbonyl (C=O) groups is 2. The highest BCUT2D eigenvalue weighted by atomic mass is 16.3. The van der Waals surface area contributed by atoms with Crippen molar-refractivity contribution in [2.24, 2.45) is 0 Å². The number of aliphatic hydroxyl groups excluding tert-OH is 1. The summed E-state index contributed by atoms with van der Waals surface area (Å²) < 4.78 is 0. The van der Waals surface area contributed by atoms with E-state index in [2.05, 4.69) is 5.32 Å². The van der Waals surface area contributed by atoms with E-state index >= 15 is 0 Å². The number of urea groups is 2. The smallest absolute Gasteiger partial charge is 0.328 e. The summed E-state index contributed by atoms with van der Waals surface area (Å²) >= 11 is 0. The van der Waals surface area contributed by atoms with Crippen LogP contribution in [0.15, 0.2) is 0 Å². The molecular weight excluding hydrogens is 138 g/mol. The average molecular weight is 145 g/mol. The Morgan fingerprint density at radius 1 is 1.60 bits per heavy atom. The summed E-state index contributed by atoms with van der Waals surface area (Å²) in [5.41, 5.74) is 0. The Kier molecular flexibility index (Phi) is 1.72. The molecule has 0 aliphatic carbocycles. The Bertz CT molecular complexity index is 169. The van der Waals surface area contributed by atoms with E-state index in [9.17, 15) is 9.59 Å². The molecule has 6 nitrogen and oxygen atoms in total. The monoisotopic (exact) mass is 145 g/mol. The van der Waals surface area contributed by atoms with Crippen LogP contribution in [0.1, 0.15) is 0 Å². The Balaban J connectivity index is 2.51. The molecule has 1 rings (SSSR count). The minimum Gasteiger partial charge on any atom is -0.376 e. The fourth-order valence-electron chi connectivity index (χ4n) is 0.574. The second-order valence-electron chi connectivity index (χ2n) is 1.78. The van der Waals surface area contributed by atoms with Crippen LogP contribution in [0.3, 0.4) is 0 Å². The number of aliphatic hydroxyl groups is 1. The highest BCUT2D eigenvalue weighted by Gasteiger charge is 2.20. The third kappa shape index (κ3) is 1.16. The van der Waals surface area contributed by atoms with Gasteiger partial charge in [-0.2, -0.15) is 0 Å². The van der Waals surface area contributed by atoms with Crippen LogP contribution in [0, 0.1) is 0 Å². The topological polar surface area (TPSA) is 81.7 Å². The summed E-state index contributed by atoms with van der Waals surface area (Å²) in [6.45, 7) is -0.340. The van der Waals surface area contributed by atoms with Crippen LogP contribution in [-0.2, 0) is 0 Å². The zero-order valence-corrected chi connectivity index (χ0v) is 5.13. The molecule has 0 spiro atoms. The SMILES string of the molecule is O=C1NCN(CO)C(=O)N1. The third-order valence-electron chi connectivity index (χ3n) is 1.11. The van der Waals surface area contributed by atoms with Crippen LogP contribution in [0.25, 0.3) is 0 Å². The number of nitrogens with zero attached hydrogens (tertiary/aromatic N) is 1. The highest BCUT2D eigenvalue weighted by molar-refractivity contribution is 5.95. The summed E-state index contributed by atoms with van der Waals surface area (Å²) in [5, 5.41) is 12.7. The standard InChI is InChI=1S/C4H7N3O3/c8-2-7-1-5-3(9)6-4(7)10/h8H,1-2H2,(H2,5,6,9,10). The molecule has 1 aliphatic rings. The van der Waals surface area contributed by atoms with Crippen molar-refractivity contribution in [3.8, 4) is 0 Å². The highest BCUT2D eigenvalue weighted by Crippen LogP contribution is 1.89. The number of hydrogen-bond acceptors (Lipinski definition) is 3. The van der Waals surface area contributed by atoms with Crippen molar-refractivity contribution >= 4 is 12.1 Å². The van der Waals surface area contributed by atoms with Gasteiger partial charge in [-0.1, -0.05) is 0 Å². The van der Waals surface area contributed by atoms with Crippen LogP contribution in [-0.4, -0.2) is 35.5 Å². The Morgan fingerprint density at radius 2 is 2.30 bits per heavy atom. The number of hydrogen-bond donors (Lipinski definition) is 3. The van der Waals surface area contributed by atoms with E-state index in [1.54, 1.807) is 0 Å². The van der Waals surface area contributed by atoms with Crippen LogP contribution >= 0.6 is 0 Å². The number of rotatable bonds is 1. The molecule has 1 saturated heterocycles. The maximum atomic E-state index is 10.6. The molecular formula is C4H7N3O3. The summed E-state index contributed by atoms with van der Waals surface area (Å²) in [6.07, 6.45) is 0. The molecule has 56 valence electrons. The van der Waals surface area contributed by atoms with Gasteiger partial charge in [-0.25, -0.2) is 9.59 Å². The molecule has 1 heterocycles. The Labute approximate surface area is 56.8 Å². The predicted molar refractivity (Wildman–Crippen MR) is 30.9 cm³/mol. The van der Waals surface area contributed by atoms with E-state index in [4.69, 9.17) is 5.11 Å². The van der Waals surface area contributed by atoms with Gasteiger partial charge in [0.05, 0.1) is 6.67 Å². The van der Waals surface area contributed by atoms with E-state index in [1.165, 1.54) is 0 Å². The van der Waals surface area contributed by atoms with Gasteiger partial charge < -0.3 is 10.4 Å². The lowest BCUT2D eigenvalue weighted by Gasteiger charge is -2.24. The lowest BCUT2D eigenvalue weighted by Crippen LogP contribution is -2.57. The molecule has 10 heavy (non-hydrogen) atoms. The molecule has 0 aromatic heterocycles. The molecule has 1 aliphatic heterocycles. The maximum Gasteiger partial charge on any atom is 0.328 e. The first-order valence-corrected chi connectivity index (χ1v) is 2.68. The zero-order valence-electron chi connectivity index (χ0n) is 5.13. The molecule has 0 aromatic rings. The van der Waals surface area contributed by atoms with E-state index in [0.717, 1.165) is 4.90 Å². The van der Waals surface area contributed by atoms with E-state index in [-0.39, 0.29) is 6.67 Å². The first-order valence-electron chi connectivity index (χ1n) is 2.68. The first kappa shape index (κ1) is 6.81. The van der Waals surface area contributed by atoms with E-state index in [1.807, 2.05) is 5.32 Å². The second kappa shape index (κ2) is 2.53. The van der Waals surface area contributed by atoms with Gasteiger partial charge in [0.2, 0.25) is 0 Å². The molecule has 4 amide bonds. The summed E-state index contributed by atoms with van der Waals surface area (Å²) in [6, 6.07) is -1.11. The molecule has 3 N–H and O–H groups in total. The Hall–Kier alpha value is -1.30. The van der Waals surface area contributed by atoms with Gasteiger partial charge in [-0.05, 0) is 0 Å². The number of amides is 4. The molecule has 0 radical (unpaired) electrons. The summed E-state index contributed by atoms with van der Waals surface area (Å²) in [4.78, 5) is 22.1. The minimum atomic E-state index is -0.578. The van der Waals surface area contributed by atoms with Gasteiger partial charge >= 0.3 is 12.1 Å². The summed E-state index contributed by atoms with van der Waals surface area (Å²) in [5.74, 6) is 0. The van der Waals surface area contributed by atoms with Crippen LogP contribution in [0.5, 0.6) is 0 Å². The molecule has 6 heteroatoms. The number of carbonyl (C=O) groups excluding carboxylic acids is 2. The zero-order chi connectivity index (χ0) is 7.56. The lowest BCUT2D eigenvalue weighted by atomic mass is 10.6. The molecule has 0 atom stereocenters. The first-order chi connectivity index (χ1) is 4.74.